The molecule has 0 aliphatic carbocycles. The largest absolute Gasteiger partial charge is 0.497 e. The molecule has 6 heteroatoms. The summed E-state index contributed by atoms with van der Waals surface area (Å²) in [7, 11) is 1.60. The molecular weight excluding hydrogens is 278 g/mol. The molecule has 0 spiro atoms. The highest BCUT2D eigenvalue weighted by molar-refractivity contribution is 8.00. The zero-order valence-corrected chi connectivity index (χ0v) is 12.3. The van der Waals surface area contributed by atoms with E-state index in [0.717, 1.165) is 11.3 Å². The first-order valence-corrected chi connectivity index (χ1v) is 7.41. The lowest BCUT2D eigenvalue weighted by Gasteiger charge is -2.23. The summed E-state index contributed by atoms with van der Waals surface area (Å²) in [5, 5.41) is -0.165. The van der Waals surface area contributed by atoms with Gasteiger partial charge in [-0.05, 0) is 24.6 Å². The predicted octanol–water partition coefficient (Wildman–Crippen LogP) is 1.83. The molecule has 1 atom stereocenters. The van der Waals surface area contributed by atoms with Crippen molar-refractivity contribution in [1.29, 1.82) is 0 Å². The fourth-order valence-electron chi connectivity index (χ4n) is 2.04. The van der Waals surface area contributed by atoms with Gasteiger partial charge in [-0.1, -0.05) is 12.1 Å². The van der Waals surface area contributed by atoms with Crippen LogP contribution in [0.15, 0.2) is 24.3 Å². The van der Waals surface area contributed by atoms with Gasteiger partial charge in [-0.15, -0.1) is 11.8 Å². The number of hydrogen-bond donors (Lipinski definition) is 0. The van der Waals surface area contributed by atoms with Gasteiger partial charge < -0.3 is 14.4 Å². The Balaban J connectivity index is 2.16. The predicted molar refractivity (Wildman–Crippen MR) is 76.5 cm³/mol. The molecule has 2 rings (SSSR count). The Bertz CT molecular complexity index is 506. The molecule has 1 saturated heterocycles. The Morgan fingerprint density at radius 2 is 2.30 bits per heavy atom. The van der Waals surface area contributed by atoms with E-state index >= 15 is 0 Å². The van der Waals surface area contributed by atoms with Gasteiger partial charge in [0.1, 0.15) is 17.7 Å². The molecule has 1 aromatic rings. The Labute approximate surface area is 122 Å². The van der Waals surface area contributed by atoms with Gasteiger partial charge in [-0.3, -0.25) is 9.59 Å². The number of hydrogen-bond acceptors (Lipinski definition) is 5. The average Bonchev–Trinajstić information content (AvgIpc) is 2.81. The van der Waals surface area contributed by atoms with E-state index in [0.29, 0.717) is 12.4 Å². The molecule has 1 unspecified atom stereocenters. The number of benzene rings is 1. The van der Waals surface area contributed by atoms with Crippen molar-refractivity contribution in [1.82, 2.24) is 4.90 Å². The first-order chi connectivity index (χ1) is 9.65. The van der Waals surface area contributed by atoms with E-state index in [1.54, 1.807) is 18.9 Å². The van der Waals surface area contributed by atoms with E-state index in [1.807, 2.05) is 24.3 Å². The van der Waals surface area contributed by atoms with E-state index in [-0.39, 0.29) is 23.8 Å². The minimum Gasteiger partial charge on any atom is -0.497 e. The van der Waals surface area contributed by atoms with Crippen molar-refractivity contribution in [2.24, 2.45) is 0 Å². The number of methoxy groups -OCH3 is 1. The maximum Gasteiger partial charge on any atom is 0.325 e. The second-order valence-electron chi connectivity index (χ2n) is 4.27. The Morgan fingerprint density at radius 3 is 3.00 bits per heavy atom. The molecule has 0 saturated carbocycles. The third-order valence-corrected chi connectivity index (χ3v) is 4.21. The Morgan fingerprint density at radius 1 is 1.50 bits per heavy atom. The number of amides is 1. The molecule has 108 valence electrons. The summed E-state index contributed by atoms with van der Waals surface area (Å²) in [6, 6.07) is 7.53. The van der Waals surface area contributed by atoms with Crippen LogP contribution in [0.1, 0.15) is 17.9 Å². The summed E-state index contributed by atoms with van der Waals surface area (Å²) in [5.41, 5.74) is 0.949. The lowest BCUT2D eigenvalue weighted by atomic mass is 10.2. The second-order valence-corrected chi connectivity index (χ2v) is 5.34. The highest BCUT2D eigenvalue weighted by Gasteiger charge is 2.34. The van der Waals surface area contributed by atoms with Crippen molar-refractivity contribution in [2.45, 2.75) is 12.3 Å². The molecule has 1 aromatic carbocycles. The standard InChI is InChI=1S/C14H17NO4S/c1-3-19-13(17)8-15-12(16)9-20-14(15)10-5-4-6-11(7-10)18-2/h4-7,14H,3,8-9H2,1-2H3. The zero-order valence-electron chi connectivity index (χ0n) is 11.5. The molecule has 0 bridgehead atoms. The number of carbonyl (C=O) groups is 2. The van der Waals surface area contributed by atoms with Crippen LogP contribution in [0.5, 0.6) is 5.75 Å². The van der Waals surface area contributed by atoms with E-state index in [9.17, 15) is 9.59 Å². The van der Waals surface area contributed by atoms with Crippen LogP contribution in [0, 0.1) is 0 Å². The molecule has 1 aliphatic heterocycles. The molecule has 0 radical (unpaired) electrons. The number of nitrogens with zero attached hydrogens (tertiary/aromatic N) is 1. The minimum atomic E-state index is -0.378. The van der Waals surface area contributed by atoms with Gasteiger partial charge in [0.15, 0.2) is 0 Å². The smallest absolute Gasteiger partial charge is 0.325 e. The second kappa shape index (κ2) is 6.65. The summed E-state index contributed by atoms with van der Waals surface area (Å²) in [6.45, 7) is 2.05. The average molecular weight is 295 g/mol. The molecule has 20 heavy (non-hydrogen) atoms. The molecule has 1 heterocycles. The summed E-state index contributed by atoms with van der Waals surface area (Å²) in [5.74, 6) is 0.687. The van der Waals surface area contributed by atoms with Gasteiger partial charge in [0.05, 0.1) is 19.5 Å². The monoisotopic (exact) mass is 295 g/mol. The first kappa shape index (κ1) is 14.7. The highest BCUT2D eigenvalue weighted by Crippen LogP contribution is 2.39. The zero-order chi connectivity index (χ0) is 14.5. The van der Waals surface area contributed by atoms with E-state index in [1.165, 1.54) is 11.8 Å². The maximum atomic E-state index is 11.9. The van der Waals surface area contributed by atoms with E-state index in [4.69, 9.17) is 9.47 Å². The van der Waals surface area contributed by atoms with Crippen LogP contribution in [0.25, 0.3) is 0 Å². The van der Waals surface area contributed by atoms with Gasteiger partial charge in [0.2, 0.25) is 5.91 Å². The molecule has 1 aliphatic rings. The van der Waals surface area contributed by atoms with Crippen molar-refractivity contribution < 1.29 is 19.1 Å². The minimum absolute atomic E-state index is 0.0124. The summed E-state index contributed by atoms with van der Waals surface area (Å²) >= 11 is 1.50. The van der Waals surface area contributed by atoms with Crippen LogP contribution in [0.3, 0.4) is 0 Å². The Kier molecular flexibility index (Phi) is 4.89. The summed E-state index contributed by atoms with van der Waals surface area (Å²) < 4.78 is 10.1. The van der Waals surface area contributed by atoms with Crippen molar-refractivity contribution in [3.05, 3.63) is 29.8 Å². The molecule has 0 N–H and O–H groups in total. The normalized spacial score (nSPS) is 18.2. The summed E-state index contributed by atoms with van der Waals surface area (Å²) in [4.78, 5) is 25.1. The van der Waals surface area contributed by atoms with Crippen LogP contribution in [0.4, 0.5) is 0 Å². The van der Waals surface area contributed by atoms with E-state index in [2.05, 4.69) is 0 Å². The lowest BCUT2D eigenvalue weighted by Crippen LogP contribution is -2.34. The van der Waals surface area contributed by atoms with Gasteiger partial charge in [-0.2, -0.15) is 0 Å². The quantitative estimate of drug-likeness (QED) is 0.776. The van der Waals surface area contributed by atoms with Crippen LogP contribution in [0.2, 0.25) is 0 Å². The van der Waals surface area contributed by atoms with Crippen molar-refractivity contribution in [3.63, 3.8) is 0 Å². The summed E-state index contributed by atoms with van der Waals surface area (Å²) in [6.07, 6.45) is 0. The van der Waals surface area contributed by atoms with Gasteiger partial charge in [0, 0.05) is 0 Å². The molecular formula is C14H17NO4S. The maximum absolute atomic E-state index is 11.9. The molecule has 5 nitrogen and oxygen atoms in total. The van der Waals surface area contributed by atoms with Crippen molar-refractivity contribution >= 4 is 23.6 Å². The molecule has 1 amide bonds. The Hall–Kier alpha value is -1.69. The number of ether oxygens (including phenoxy) is 2. The van der Waals surface area contributed by atoms with Crippen molar-refractivity contribution in [3.8, 4) is 5.75 Å². The third kappa shape index (κ3) is 3.25. The first-order valence-electron chi connectivity index (χ1n) is 6.36. The number of carbonyl (C=O) groups excluding carboxylic acids is 2. The highest BCUT2D eigenvalue weighted by atomic mass is 32.2. The SMILES string of the molecule is CCOC(=O)CN1C(=O)CSC1c1cccc(OC)c1. The molecule has 0 aromatic heterocycles. The van der Waals surface area contributed by atoms with Gasteiger partial charge in [-0.25, -0.2) is 0 Å². The van der Waals surface area contributed by atoms with Crippen molar-refractivity contribution in [2.75, 3.05) is 26.0 Å². The number of rotatable bonds is 5. The number of esters is 1. The van der Waals surface area contributed by atoms with Crippen LogP contribution in [-0.4, -0.2) is 42.8 Å². The number of thioether (sulfide) groups is 1. The fraction of sp³-hybridized carbons (Fsp3) is 0.429. The third-order valence-electron chi connectivity index (χ3n) is 2.95. The lowest BCUT2D eigenvalue weighted by molar-refractivity contribution is -0.148. The molecule has 1 fully saturated rings. The van der Waals surface area contributed by atoms with Gasteiger partial charge >= 0.3 is 5.97 Å². The topological polar surface area (TPSA) is 55.8 Å². The van der Waals surface area contributed by atoms with Crippen LogP contribution in [-0.2, 0) is 14.3 Å². The van der Waals surface area contributed by atoms with Crippen LogP contribution >= 0.6 is 11.8 Å². The fourth-order valence-corrected chi connectivity index (χ4v) is 3.22. The van der Waals surface area contributed by atoms with E-state index < -0.39 is 0 Å². The van der Waals surface area contributed by atoms with Crippen LogP contribution < -0.4 is 4.74 Å². The van der Waals surface area contributed by atoms with Gasteiger partial charge in [0.25, 0.3) is 0 Å².